The van der Waals surface area contributed by atoms with Gasteiger partial charge in [0.15, 0.2) is 5.65 Å². The second kappa shape index (κ2) is 6.59. The van der Waals surface area contributed by atoms with Gasteiger partial charge in [-0.2, -0.15) is 0 Å². The first-order valence-electron chi connectivity index (χ1n) is 10.7. The number of pyridine rings is 1. The van der Waals surface area contributed by atoms with E-state index < -0.39 is 10.0 Å². The predicted octanol–water partition coefficient (Wildman–Crippen LogP) is 3.82. The summed E-state index contributed by atoms with van der Waals surface area (Å²) < 4.78 is 33.8. The number of nitrogens with one attached hydrogen (secondary N) is 1. The van der Waals surface area contributed by atoms with Crippen LogP contribution in [0, 0.1) is 23.2 Å². The van der Waals surface area contributed by atoms with Crippen LogP contribution in [0.15, 0.2) is 12.3 Å². The molecule has 0 unspecified atom stereocenters. The average Bonchev–Trinajstić information content (AvgIpc) is 2.98. The molecule has 6 rings (SSSR count). The summed E-state index contributed by atoms with van der Waals surface area (Å²) in [6.07, 6.45) is 11.2. The maximum Gasteiger partial charge on any atom is 0.242 e. The van der Waals surface area contributed by atoms with E-state index in [0.29, 0.717) is 11.1 Å². The van der Waals surface area contributed by atoms with E-state index in [1.54, 1.807) is 4.40 Å². The smallest absolute Gasteiger partial charge is 0.242 e. The van der Waals surface area contributed by atoms with E-state index in [9.17, 15) is 8.42 Å². The fourth-order valence-electron chi connectivity index (χ4n) is 6.42. The molecule has 0 saturated heterocycles. The fraction of sp³-hybridized carbons (Fsp3) is 0.714. The highest BCUT2D eigenvalue weighted by atomic mass is 32.2. The van der Waals surface area contributed by atoms with Gasteiger partial charge in [-0.1, -0.05) is 13.8 Å². The van der Waals surface area contributed by atoms with Crippen LogP contribution in [0.3, 0.4) is 0 Å². The lowest BCUT2D eigenvalue weighted by atomic mass is 9.50. The zero-order valence-corrected chi connectivity index (χ0v) is 18.2. The molecule has 2 heterocycles. The van der Waals surface area contributed by atoms with Crippen molar-refractivity contribution >= 4 is 21.6 Å². The lowest BCUT2D eigenvalue weighted by Crippen LogP contribution is -2.48. The SMILES string of the molecule is CC(C)c1cn2c(NS(C)(=O)=O)nnc2cc1OCC12CC3CC(CC(C3)C1)C2. The van der Waals surface area contributed by atoms with Gasteiger partial charge >= 0.3 is 0 Å². The van der Waals surface area contributed by atoms with E-state index >= 15 is 0 Å². The Morgan fingerprint density at radius 3 is 2.34 bits per heavy atom. The first-order valence-corrected chi connectivity index (χ1v) is 12.6. The van der Waals surface area contributed by atoms with Crippen molar-refractivity contribution in [3.8, 4) is 5.75 Å². The highest BCUT2D eigenvalue weighted by molar-refractivity contribution is 7.91. The monoisotopic (exact) mass is 418 g/mol. The molecular formula is C21H30N4O3S. The van der Waals surface area contributed by atoms with E-state index in [1.165, 1.54) is 38.5 Å². The third-order valence-corrected chi connectivity index (χ3v) is 7.69. The van der Waals surface area contributed by atoms with E-state index in [2.05, 4.69) is 28.8 Å². The number of aromatic nitrogens is 3. The van der Waals surface area contributed by atoms with Crippen LogP contribution in [-0.4, -0.2) is 35.9 Å². The Morgan fingerprint density at radius 2 is 1.79 bits per heavy atom. The quantitative estimate of drug-likeness (QED) is 0.771. The standard InChI is InChI=1S/C21H30N4O3S/c1-13(2)17-11-25-19(22-23-20(25)24-29(3,26)27)7-18(17)28-12-21-8-14-4-15(9-21)6-16(5-14)10-21/h7,11,13-16H,4-6,8-10,12H2,1-3H3,(H,23,24). The van der Waals surface area contributed by atoms with Gasteiger partial charge in [0, 0.05) is 23.2 Å². The molecule has 2 aromatic rings. The predicted molar refractivity (Wildman–Crippen MR) is 112 cm³/mol. The molecule has 0 spiro atoms. The first-order chi connectivity index (χ1) is 13.7. The van der Waals surface area contributed by atoms with Crippen LogP contribution < -0.4 is 9.46 Å². The molecule has 8 heteroatoms. The molecule has 0 amide bonds. The second-order valence-electron chi connectivity index (χ2n) is 10.1. The summed E-state index contributed by atoms with van der Waals surface area (Å²) in [5.41, 5.74) is 1.96. The van der Waals surface area contributed by atoms with Crippen molar-refractivity contribution in [1.82, 2.24) is 14.6 Å². The topological polar surface area (TPSA) is 85.6 Å². The van der Waals surface area contributed by atoms with Crippen LogP contribution in [0.5, 0.6) is 5.75 Å². The number of ether oxygens (including phenoxy) is 1. The minimum absolute atomic E-state index is 0.206. The van der Waals surface area contributed by atoms with Crippen molar-refractivity contribution in [1.29, 1.82) is 0 Å². The van der Waals surface area contributed by atoms with Crippen molar-refractivity contribution in [3.63, 3.8) is 0 Å². The van der Waals surface area contributed by atoms with Crippen LogP contribution in [0.25, 0.3) is 5.65 Å². The van der Waals surface area contributed by atoms with Gasteiger partial charge in [0.1, 0.15) is 5.75 Å². The molecular weight excluding hydrogens is 388 g/mol. The highest BCUT2D eigenvalue weighted by Crippen LogP contribution is 2.60. The number of anilines is 1. The van der Waals surface area contributed by atoms with Crippen LogP contribution in [0.1, 0.15) is 63.9 Å². The van der Waals surface area contributed by atoms with Gasteiger partial charge in [-0.15, -0.1) is 10.2 Å². The van der Waals surface area contributed by atoms with Crippen molar-refractivity contribution in [2.45, 2.75) is 58.3 Å². The summed E-state index contributed by atoms with van der Waals surface area (Å²) in [5.74, 6) is 3.99. The van der Waals surface area contributed by atoms with Gasteiger partial charge in [0.2, 0.25) is 16.0 Å². The molecule has 0 aromatic carbocycles. The molecule has 0 atom stereocenters. The summed E-state index contributed by atoms with van der Waals surface area (Å²) in [7, 11) is -3.42. The lowest BCUT2D eigenvalue weighted by Gasteiger charge is -2.56. The average molecular weight is 419 g/mol. The van der Waals surface area contributed by atoms with Crippen molar-refractivity contribution in [2.75, 3.05) is 17.6 Å². The molecule has 158 valence electrons. The second-order valence-corrected chi connectivity index (χ2v) is 11.8. The summed E-state index contributed by atoms with van der Waals surface area (Å²) >= 11 is 0. The molecule has 0 radical (unpaired) electrons. The van der Waals surface area contributed by atoms with Crippen molar-refractivity contribution in [2.24, 2.45) is 23.2 Å². The number of hydrogen-bond acceptors (Lipinski definition) is 5. The maximum atomic E-state index is 11.6. The van der Waals surface area contributed by atoms with Crippen molar-refractivity contribution < 1.29 is 13.2 Å². The molecule has 4 aliphatic carbocycles. The minimum Gasteiger partial charge on any atom is -0.493 e. The van der Waals surface area contributed by atoms with Gasteiger partial charge in [0.25, 0.3) is 0 Å². The first kappa shape index (κ1) is 19.2. The summed E-state index contributed by atoms with van der Waals surface area (Å²) in [4.78, 5) is 0. The van der Waals surface area contributed by atoms with E-state index in [-0.39, 0.29) is 11.9 Å². The van der Waals surface area contributed by atoms with Crippen LogP contribution in [-0.2, 0) is 10.0 Å². The van der Waals surface area contributed by atoms with Gasteiger partial charge in [-0.25, -0.2) is 8.42 Å². The van der Waals surface area contributed by atoms with E-state index in [0.717, 1.165) is 41.9 Å². The third-order valence-electron chi connectivity index (χ3n) is 7.13. The Kier molecular flexibility index (Phi) is 4.35. The fourth-order valence-corrected chi connectivity index (χ4v) is 6.89. The molecule has 1 N–H and O–H groups in total. The van der Waals surface area contributed by atoms with E-state index in [4.69, 9.17) is 4.74 Å². The number of rotatable bonds is 6. The maximum absolute atomic E-state index is 11.6. The number of hydrogen-bond donors (Lipinski definition) is 1. The lowest BCUT2D eigenvalue weighted by molar-refractivity contribution is -0.0746. The van der Waals surface area contributed by atoms with Crippen LogP contribution in [0.4, 0.5) is 5.95 Å². The third kappa shape index (κ3) is 3.60. The number of nitrogens with zero attached hydrogens (tertiary/aromatic N) is 3. The molecule has 4 saturated carbocycles. The van der Waals surface area contributed by atoms with Gasteiger partial charge in [-0.05, 0) is 62.2 Å². The Labute approximate surface area is 172 Å². The molecule has 4 bridgehead atoms. The van der Waals surface area contributed by atoms with Gasteiger partial charge in [-0.3, -0.25) is 9.12 Å². The molecule has 4 aliphatic rings. The molecule has 29 heavy (non-hydrogen) atoms. The zero-order valence-electron chi connectivity index (χ0n) is 17.4. The number of fused-ring (bicyclic) bond motifs is 1. The summed E-state index contributed by atoms with van der Waals surface area (Å²) in [6, 6.07) is 1.90. The van der Waals surface area contributed by atoms with Crippen molar-refractivity contribution in [3.05, 3.63) is 17.8 Å². The van der Waals surface area contributed by atoms with Crippen LogP contribution in [0.2, 0.25) is 0 Å². The Balaban J connectivity index is 1.43. The van der Waals surface area contributed by atoms with E-state index in [1.807, 2.05) is 12.3 Å². The Bertz CT molecular complexity index is 1010. The Morgan fingerprint density at radius 1 is 1.17 bits per heavy atom. The van der Waals surface area contributed by atoms with Gasteiger partial charge in [0.05, 0.1) is 12.9 Å². The molecule has 0 aliphatic heterocycles. The zero-order chi connectivity index (χ0) is 20.4. The Hall–Kier alpha value is -1.83. The largest absolute Gasteiger partial charge is 0.493 e. The van der Waals surface area contributed by atoms with Gasteiger partial charge < -0.3 is 4.74 Å². The summed E-state index contributed by atoms with van der Waals surface area (Å²) in [5, 5.41) is 8.15. The number of sulfonamides is 1. The van der Waals surface area contributed by atoms with Crippen LogP contribution >= 0.6 is 0 Å². The molecule has 2 aromatic heterocycles. The minimum atomic E-state index is -3.42. The highest BCUT2D eigenvalue weighted by Gasteiger charge is 2.51. The normalized spacial score (nSPS) is 31.0. The summed E-state index contributed by atoms with van der Waals surface area (Å²) in [6.45, 7) is 5.01. The molecule has 7 nitrogen and oxygen atoms in total. The molecule has 4 fully saturated rings.